The Kier molecular flexibility index (Phi) is 5.44. The van der Waals surface area contributed by atoms with E-state index in [4.69, 9.17) is 20.8 Å². The highest BCUT2D eigenvalue weighted by Crippen LogP contribution is 2.22. The largest absolute Gasteiger partial charge is 0.508 e. The van der Waals surface area contributed by atoms with E-state index in [0.29, 0.717) is 27.9 Å². The van der Waals surface area contributed by atoms with Crippen LogP contribution in [-0.2, 0) is 6.61 Å². The number of carbonyl (C=O) groups excluding carboxylic acids is 1. The Labute approximate surface area is 156 Å². The second-order valence-corrected chi connectivity index (χ2v) is 6.16. The number of hydrogen-bond acceptors (Lipinski definition) is 4. The van der Waals surface area contributed by atoms with Crippen LogP contribution < -0.4 is 4.74 Å². The second-order valence-electron chi connectivity index (χ2n) is 5.75. The van der Waals surface area contributed by atoms with Crippen LogP contribution in [-0.4, -0.2) is 10.9 Å². The predicted octanol–water partition coefficient (Wildman–Crippen LogP) is 5.42. The molecule has 0 saturated carbocycles. The number of phenolic OH excluding ortho intramolecular Hbond substituents is 1. The lowest BCUT2D eigenvalue weighted by molar-refractivity contribution is 0.104. The van der Waals surface area contributed by atoms with Gasteiger partial charge < -0.3 is 14.3 Å². The monoisotopic (exact) mass is 368 g/mol. The molecule has 3 rings (SSSR count). The van der Waals surface area contributed by atoms with Gasteiger partial charge in [-0.1, -0.05) is 23.7 Å². The van der Waals surface area contributed by atoms with E-state index in [1.165, 1.54) is 18.2 Å². The van der Waals surface area contributed by atoms with Gasteiger partial charge in [-0.15, -0.1) is 0 Å². The van der Waals surface area contributed by atoms with Crippen molar-refractivity contribution < 1.29 is 19.1 Å². The van der Waals surface area contributed by atoms with Gasteiger partial charge in [-0.2, -0.15) is 0 Å². The van der Waals surface area contributed by atoms with Crippen molar-refractivity contribution in [3.8, 4) is 11.5 Å². The van der Waals surface area contributed by atoms with E-state index in [-0.39, 0.29) is 18.1 Å². The van der Waals surface area contributed by atoms with Crippen LogP contribution >= 0.6 is 11.6 Å². The van der Waals surface area contributed by atoms with Crippen LogP contribution in [0.5, 0.6) is 11.5 Å². The van der Waals surface area contributed by atoms with Crippen LogP contribution in [0.15, 0.2) is 65.1 Å². The SMILES string of the molecule is Cc1cc(OCc2ccc(/C=C/C(=O)c3cccc(O)c3)o2)ccc1Cl. The Morgan fingerprint density at radius 1 is 1.19 bits per heavy atom. The Bertz CT molecular complexity index is 956. The molecule has 0 aliphatic heterocycles. The molecule has 0 amide bonds. The van der Waals surface area contributed by atoms with Crippen molar-refractivity contribution in [1.29, 1.82) is 0 Å². The summed E-state index contributed by atoms with van der Waals surface area (Å²) in [5.74, 6) is 1.73. The van der Waals surface area contributed by atoms with Crippen LogP contribution in [0.2, 0.25) is 5.02 Å². The number of aromatic hydroxyl groups is 1. The topological polar surface area (TPSA) is 59.7 Å². The number of hydrogen-bond donors (Lipinski definition) is 1. The van der Waals surface area contributed by atoms with Crippen molar-refractivity contribution >= 4 is 23.5 Å². The molecular weight excluding hydrogens is 352 g/mol. The fourth-order valence-electron chi connectivity index (χ4n) is 2.34. The smallest absolute Gasteiger partial charge is 0.186 e. The molecule has 3 aromatic rings. The number of rotatable bonds is 6. The first-order valence-corrected chi connectivity index (χ1v) is 8.38. The molecule has 0 unspecified atom stereocenters. The molecule has 1 N–H and O–H groups in total. The molecule has 0 fully saturated rings. The molecule has 26 heavy (non-hydrogen) atoms. The van der Waals surface area contributed by atoms with Gasteiger partial charge in [0.25, 0.3) is 0 Å². The van der Waals surface area contributed by atoms with Gasteiger partial charge in [0, 0.05) is 10.6 Å². The van der Waals surface area contributed by atoms with Crippen LogP contribution in [0, 0.1) is 6.92 Å². The summed E-state index contributed by atoms with van der Waals surface area (Å²) in [6.07, 6.45) is 2.99. The number of aryl methyl sites for hydroxylation is 1. The van der Waals surface area contributed by atoms with E-state index >= 15 is 0 Å². The van der Waals surface area contributed by atoms with Gasteiger partial charge in [0.1, 0.15) is 29.6 Å². The van der Waals surface area contributed by atoms with E-state index in [2.05, 4.69) is 0 Å². The molecule has 0 bridgehead atoms. The zero-order valence-electron chi connectivity index (χ0n) is 14.1. The van der Waals surface area contributed by atoms with Crippen molar-refractivity contribution in [3.05, 3.63) is 88.3 Å². The summed E-state index contributed by atoms with van der Waals surface area (Å²) in [6, 6.07) is 15.2. The fraction of sp³-hybridized carbons (Fsp3) is 0.0952. The summed E-state index contributed by atoms with van der Waals surface area (Å²) in [7, 11) is 0. The zero-order chi connectivity index (χ0) is 18.5. The minimum atomic E-state index is -0.216. The third-order valence-electron chi connectivity index (χ3n) is 3.72. The molecule has 0 radical (unpaired) electrons. The Balaban J connectivity index is 1.60. The number of halogens is 1. The number of ketones is 1. The number of phenols is 1. The van der Waals surface area contributed by atoms with Crippen LogP contribution in [0.25, 0.3) is 6.08 Å². The Morgan fingerprint density at radius 3 is 2.81 bits per heavy atom. The summed E-state index contributed by atoms with van der Waals surface area (Å²) < 4.78 is 11.3. The van der Waals surface area contributed by atoms with Crippen molar-refractivity contribution in [3.63, 3.8) is 0 Å². The van der Waals surface area contributed by atoms with Gasteiger partial charge in [-0.05, 0) is 67.1 Å². The van der Waals surface area contributed by atoms with Crippen molar-refractivity contribution in [1.82, 2.24) is 0 Å². The first-order valence-electron chi connectivity index (χ1n) is 8.00. The minimum absolute atomic E-state index is 0.0547. The second kappa shape index (κ2) is 7.93. The van der Waals surface area contributed by atoms with E-state index < -0.39 is 0 Å². The standard InChI is InChI=1S/C21H17ClO4/c1-14-11-18(7-9-20(14)22)25-13-19-6-5-17(26-19)8-10-21(24)15-3-2-4-16(23)12-15/h2-12,23H,13H2,1H3/b10-8+. The van der Waals surface area contributed by atoms with Crippen molar-refractivity contribution in [2.45, 2.75) is 13.5 Å². The fourth-order valence-corrected chi connectivity index (χ4v) is 2.45. The molecule has 2 aromatic carbocycles. The van der Waals surface area contributed by atoms with E-state index in [9.17, 15) is 9.90 Å². The first-order chi connectivity index (χ1) is 12.5. The average molecular weight is 369 g/mol. The summed E-state index contributed by atoms with van der Waals surface area (Å²) in [5.41, 5.74) is 1.35. The van der Waals surface area contributed by atoms with Crippen LogP contribution in [0.1, 0.15) is 27.4 Å². The van der Waals surface area contributed by atoms with Gasteiger partial charge in [-0.25, -0.2) is 0 Å². The number of benzene rings is 2. The van der Waals surface area contributed by atoms with Crippen molar-refractivity contribution in [2.75, 3.05) is 0 Å². The highest BCUT2D eigenvalue weighted by atomic mass is 35.5. The van der Waals surface area contributed by atoms with E-state index in [1.54, 1.807) is 42.5 Å². The first kappa shape index (κ1) is 17.8. The van der Waals surface area contributed by atoms with Gasteiger partial charge >= 0.3 is 0 Å². The predicted molar refractivity (Wildman–Crippen MR) is 101 cm³/mol. The summed E-state index contributed by atoms with van der Waals surface area (Å²) in [5, 5.41) is 10.1. The number of allylic oxidation sites excluding steroid dienone is 1. The van der Waals surface area contributed by atoms with E-state index in [1.807, 2.05) is 13.0 Å². The minimum Gasteiger partial charge on any atom is -0.508 e. The Morgan fingerprint density at radius 2 is 2.04 bits per heavy atom. The molecule has 5 heteroatoms. The molecular formula is C21H17ClO4. The van der Waals surface area contributed by atoms with Gasteiger partial charge in [-0.3, -0.25) is 4.79 Å². The highest BCUT2D eigenvalue weighted by molar-refractivity contribution is 6.31. The maximum Gasteiger partial charge on any atom is 0.186 e. The molecule has 1 aromatic heterocycles. The van der Waals surface area contributed by atoms with E-state index in [0.717, 1.165) is 5.56 Å². The van der Waals surface area contributed by atoms with Crippen LogP contribution in [0.3, 0.4) is 0 Å². The molecule has 0 aliphatic carbocycles. The number of furan rings is 1. The molecule has 0 aliphatic rings. The molecule has 0 atom stereocenters. The third-order valence-corrected chi connectivity index (χ3v) is 4.15. The molecule has 1 heterocycles. The molecule has 0 spiro atoms. The van der Waals surface area contributed by atoms with Gasteiger partial charge in [0.2, 0.25) is 0 Å². The van der Waals surface area contributed by atoms with Gasteiger partial charge in [0.15, 0.2) is 5.78 Å². The Hall–Kier alpha value is -2.98. The molecule has 0 saturated heterocycles. The average Bonchev–Trinajstić information content (AvgIpc) is 3.08. The van der Waals surface area contributed by atoms with Crippen molar-refractivity contribution in [2.24, 2.45) is 0 Å². The highest BCUT2D eigenvalue weighted by Gasteiger charge is 2.05. The molecule has 132 valence electrons. The maximum atomic E-state index is 12.1. The summed E-state index contributed by atoms with van der Waals surface area (Å²) >= 11 is 5.99. The summed E-state index contributed by atoms with van der Waals surface area (Å²) in [6.45, 7) is 2.18. The summed E-state index contributed by atoms with van der Waals surface area (Å²) in [4.78, 5) is 12.1. The quantitative estimate of drug-likeness (QED) is 0.466. The normalized spacial score (nSPS) is 11.0. The lowest BCUT2D eigenvalue weighted by atomic mass is 10.1. The zero-order valence-corrected chi connectivity index (χ0v) is 14.9. The van der Waals surface area contributed by atoms with Gasteiger partial charge in [0.05, 0.1) is 0 Å². The van der Waals surface area contributed by atoms with Crippen LogP contribution in [0.4, 0.5) is 0 Å². The lowest BCUT2D eigenvalue weighted by Crippen LogP contribution is -1.94. The molecule has 4 nitrogen and oxygen atoms in total. The lowest BCUT2D eigenvalue weighted by Gasteiger charge is -2.05. The maximum absolute atomic E-state index is 12.1. The number of ether oxygens (including phenoxy) is 1. The third kappa shape index (κ3) is 4.55. The number of carbonyl (C=O) groups is 1.